The zero-order valence-electron chi connectivity index (χ0n) is 15.7. The fourth-order valence-electron chi connectivity index (χ4n) is 3.75. The van der Waals surface area contributed by atoms with E-state index >= 15 is 0 Å². The van der Waals surface area contributed by atoms with Crippen LogP contribution in [-0.2, 0) is 4.79 Å². The molecule has 0 aromatic heterocycles. The van der Waals surface area contributed by atoms with Gasteiger partial charge in [0.2, 0.25) is 5.91 Å². The van der Waals surface area contributed by atoms with Gasteiger partial charge in [-0.3, -0.25) is 14.6 Å². The Morgan fingerprint density at radius 1 is 1.08 bits per heavy atom. The quantitative estimate of drug-likeness (QED) is 0.761. The first kappa shape index (κ1) is 19.5. The Morgan fingerprint density at radius 2 is 1.77 bits per heavy atom. The average Bonchev–Trinajstić information content (AvgIpc) is 2.65. The molecule has 1 aromatic rings. The van der Waals surface area contributed by atoms with Crippen LogP contribution in [0.15, 0.2) is 24.3 Å². The number of hydrogen-bond donors (Lipinski definition) is 0. The van der Waals surface area contributed by atoms with Gasteiger partial charge in [-0.15, -0.1) is 0 Å². The number of hydrogen-bond acceptors (Lipinski definition) is 4. The molecular formula is C20H30ClN3O2. The number of benzene rings is 1. The predicted molar refractivity (Wildman–Crippen MR) is 105 cm³/mol. The zero-order valence-corrected chi connectivity index (χ0v) is 16.5. The highest BCUT2D eigenvalue weighted by Crippen LogP contribution is 2.17. The van der Waals surface area contributed by atoms with Crippen LogP contribution in [0.1, 0.15) is 26.2 Å². The average molecular weight is 380 g/mol. The number of rotatable bonds is 6. The third kappa shape index (κ3) is 5.60. The van der Waals surface area contributed by atoms with E-state index in [1.54, 1.807) is 0 Å². The summed E-state index contributed by atoms with van der Waals surface area (Å²) in [5.74, 6) is 1.16. The number of carbonyl (C=O) groups is 1. The molecule has 0 unspecified atom stereocenters. The molecule has 5 nitrogen and oxygen atoms in total. The Balaban J connectivity index is 1.33. The molecule has 0 aliphatic carbocycles. The number of halogens is 1. The molecule has 144 valence electrons. The molecule has 0 saturated carbocycles. The number of carbonyl (C=O) groups excluding carboxylic acids is 1. The minimum absolute atomic E-state index is 0.303. The number of ether oxygens (including phenoxy) is 1. The van der Waals surface area contributed by atoms with Crippen LogP contribution in [0.5, 0.6) is 5.75 Å². The van der Waals surface area contributed by atoms with E-state index < -0.39 is 0 Å². The molecule has 2 fully saturated rings. The second-order valence-corrected chi connectivity index (χ2v) is 7.79. The number of likely N-dealkylation sites (tertiary alicyclic amines) is 1. The van der Waals surface area contributed by atoms with E-state index in [0.29, 0.717) is 25.1 Å². The summed E-state index contributed by atoms with van der Waals surface area (Å²) in [7, 11) is 0. The standard InChI is InChI=1S/C20H30ClN3O2/c1-17-4-2-3-9-24(17)20(25)16-23-12-10-22(11-13-23)14-15-26-19-7-5-18(21)6-8-19/h5-8,17H,2-4,9-16H2,1H3/t17-/m1/s1. The number of piperazine rings is 1. The predicted octanol–water partition coefficient (Wildman–Crippen LogP) is 2.74. The Morgan fingerprint density at radius 3 is 2.46 bits per heavy atom. The minimum atomic E-state index is 0.303. The van der Waals surface area contributed by atoms with Gasteiger partial charge in [0.25, 0.3) is 0 Å². The molecule has 1 amide bonds. The monoisotopic (exact) mass is 379 g/mol. The number of amides is 1. The Kier molecular flexibility index (Phi) is 7.17. The van der Waals surface area contributed by atoms with Crippen molar-refractivity contribution < 1.29 is 9.53 Å². The van der Waals surface area contributed by atoms with Gasteiger partial charge in [0, 0.05) is 50.3 Å². The van der Waals surface area contributed by atoms with Gasteiger partial charge in [0.1, 0.15) is 12.4 Å². The van der Waals surface area contributed by atoms with Gasteiger partial charge >= 0.3 is 0 Å². The lowest BCUT2D eigenvalue weighted by Gasteiger charge is -2.38. The van der Waals surface area contributed by atoms with Gasteiger partial charge in [-0.05, 0) is 50.5 Å². The zero-order chi connectivity index (χ0) is 18.4. The van der Waals surface area contributed by atoms with E-state index in [1.165, 1.54) is 6.42 Å². The second-order valence-electron chi connectivity index (χ2n) is 7.35. The summed E-state index contributed by atoms with van der Waals surface area (Å²) in [5, 5.41) is 0.724. The number of piperidine rings is 1. The van der Waals surface area contributed by atoms with Crippen LogP contribution in [0.4, 0.5) is 0 Å². The summed E-state index contributed by atoms with van der Waals surface area (Å²) in [5.41, 5.74) is 0. The normalized spacial score (nSPS) is 22.4. The van der Waals surface area contributed by atoms with E-state index in [2.05, 4.69) is 21.6 Å². The molecule has 2 heterocycles. The number of nitrogens with zero attached hydrogens (tertiary/aromatic N) is 3. The summed E-state index contributed by atoms with van der Waals surface area (Å²) in [4.78, 5) is 19.3. The Bertz CT molecular complexity index is 573. The summed E-state index contributed by atoms with van der Waals surface area (Å²) in [6.45, 7) is 9.15. The van der Waals surface area contributed by atoms with Crippen molar-refractivity contribution in [3.8, 4) is 5.75 Å². The molecule has 2 aliphatic rings. The smallest absolute Gasteiger partial charge is 0.236 e. The van der Waals surface area contributed by atoms with Crippen molar-refractivity contribution in [2.24, 2.45) is 0 Å². The fraction of sp³-hybridized carbons (Fsp3) is 0.650. The largest absolute Gasteiger partial charge is 0.492 e. The van der Waals surface area contributed by atoms with E-state index in [0.717, 1.165) is 62.9 Å². The van der Waals surface area contributed by atoms with Crippen molar-refractivity contribution in [2.75, 3.05) is 52.4 Å². The van der Waals surface area contributed by atoms with E-state index in [1.807, 2.05) is 24.3 Å². The summed E-state index contributed by atoms with van der Waals surface area (Å²) >= 11 is 5.88. The van der Waals surface area contributed by atoms with Crippen LogP contribution in [0.25, 0.3) is 0 Å². The lowest BCUT2D eigenvalue weighted by Crippen LogP contribution is -2.52. The molecule has 1 aromatic carbocycles. The first-order chi connectivity index (χ1) is 12.6. The maximum atomic E-state index is 12.6. The van der Waals surface area contributed by atoms with Crippen LogP contribution in [-0.4, -0.2) is 79.1 Å². The van der Waals surface area contributed by atoms with Crippen LogP contribution in [0.3, 0.4) is 0 Å². The van der Waals surface area contributed by atoms with Gasteiger partial charge in [-0.2, -0.15) is 0 Å². The fourth-order valence-corrected chi connectivity index (χ4v) is 3.87. The molecule has 26 heavy (non-hydrogen) atoms. The molecule has 2 aliphatic heterocycles. The first-order valence-electron chi connectivity index (χ1n) is 9.74. The van der Waals surface area contributed by atoms with Gasteiger partial charge < -0.3 is 9.64 Å². The van der Waals surface area contributed by atoms with E-state index in [4.69, 9.17) is 16.3 Å². The van der Waals surface area contributed by atoms with Gasteiger partial charge in [-0.1, -0.05) is 11.6 Å². The van der Waals surface area contributed by atoms with Crippen molar-refractivity contribution in [3.05, 3.63) is 29.3 Å². The van der Waals surface area contributed by atoms with Crippen molar-refractivity contribution in [3.63, 3.8) is 0 Å². The maximum Gasteiger partial charge on any atom is 0.236 e. The summed E-state index contributed by atoms with van der Waals surface area (Å²) in [6, 6.07) is 7.88. The van der Waals surface area contributed by atoms with Crippen molar-refractivity contribution in [1.82, 2.24) is 14.7 Å². The molecule has 2 saturated heterocycles. The van der Waals surface area contributed by atoms with Crippen molar-refractivity contribution >= 4 is 17.5 Å². The third-order valence-electron chi connectivity index (χ3n) is 5.44. The maximum absolute atomic E-state index is 12.6. The lowest BCUT2D eigenvalue weighted by atomic mass is 10.0. The Labute approximate surface area is 161 Å². The molecule has 0 bridgehead atoms. The molecule has 1 atom stereocenters. The summed E-state index contributed by atoms with van der Waals surface area (Å²) < 4.78 is 5.77. The van der Waals surface area contributed by atoms with Crippen LogP contribution in [0.2, 0.25) is 5.02 Å². The highest BCUT2D eigenvalue weighted by molar-refractivity contribution is 6.30. The Hall–Kier alpha value is -1.30. The van der Waals surface area contributed by atoms with Crippen LogP contribution < -0.4 is 4.74 Å². The van der Waals surface area contributed by atoms with Gasteiger partial charge in [0.05, 0.1) is 6.54 Å². The van der Waals surface area contributed by atoms with Crippen LogP contribution >= 0.6 is 11.6 Å². The van der Waals surface area contributed by atoms with Crippen molar-refractivity contribution in [2.45, 2.75) is 32.2 Å². The molecule has 0 radical (unpaired) electrons. The highest BCUT2D eigenvalue weighted by atomic mass is 35.5. The summed E-state index contributed by atoms with van der Waals surface area (Å²) in [6.07, 6.45) is 3.55. The van der Waals surface area contributed by atoms with Gasteiger partial charge in [0.15, 0.2) is 0 Å². The highest BCUT2D eigenvalue weighted by Gasteiger charge is 2.26. The van der Waals surface area contributed by atoms with Gasteiger partial charge in [-0.25, -0.2) is 0 Å². The third-order valence-corrected chi connectivity index (χ3v) is 5.69. The SMILES string of the molecule is C[C@@H]1CCCCN1C(=O)CN1CCN(CCOc2ccc(Cl)cc2)CC1. The molecule has 6 heteroatoms. The second kappa shape index (κ2) is 9.58. The van der Waals surface area contributed by atoms with Crippen LogP contribution in [0, 0.1) is 0 Å². The first-order valence-corrected chi connectivity index (χ1v) is 10.1. The molecule has 3 rings (SSSR count). The molecule has 0 N–H and O–H groups in total. The minimum Gasteiger partial charge on any atom is -0.492 e. The van der Waals surface area contributed by atoms with E-state index in [-0.39, 0.29) is 0 Å². The van der Waals surface area contributed by atoms with Crippen molar-refractivity contribution in [1.29, 1.82) is 0 Å². The topological polar surface area (TPSA) is 36.0 Å². The lowest BCUT2D eigenvalue weighted by molar-refractivity contribution is -0.136. The van der Waals surface area contributed by atoms with E-state index in [9.17, 15) is 4.79 Å². The molecular weight excluding hydrogens is 350 g/mol. The molecule has 0 spiro atoms.